The lowest BCUT2D eigenvalue weighted by Gasteiger charge is -2.16. The van der Waals surface area contributed by atoms with Crippen LogP contribution in [0.5, 0.6) is 11.5 Å². The van der Waals surface area contributed by atoms with Crippen molar-refractivity contribution < 1.29 is 14.3 Å². The molecule has 1 unspecified atom stereocenters. The molecule has 1 N–H and O–H groups in total. The van der Waals surface area contributed by atoms with Crippen molar-refractivity contribution in [3.63, 3.8) is 0 Å². The molecule has 5 nitrogen and oxygen atoms in total. The number of aromatic nitrogens is 1. The molecule has 2 aromatic rings. The number of hydrogen-bond donors (Lipinski definition) is 1. The number of carbonyl (C=O) groups excluding carboxylic acids is 1. The second-order valence-electron chi connectivity index (χ2n) is 4.38. The van der Waals surface area contributed by atoms with Crippen molar-refractivity contribution in [1.29, 1.82) is 0 Å². The fourth-order valence-electron chi connectivity index (χ4n) is 1.68. The third-order valence-electron chi connectivity index (χ3n) is 2.80. The Bertz CT molecular complexity index is 682. The van der Waals surface area contributed by atoms with Crippen molar-refractivity contribution in [2.45, 2.75) is 13.0 Å². The SMILES string of the molecule is COc1cccnc1NC(=O)C(C)Oc1ccc(Cl)cc1Br. The number of benzene rings is 1. The zero-order valence-electron chi connectivity index (χ0n) is 12.0. The van der Waals surface area contributed by atoms with E-state index < -0.39 is 6.10 Å². The van der Waals surface area contributed by atoms with Crippen LogP contribution >= 0.6 is 27.5 Å². The summed E-state index contributed by atoms with van der Waals surface area (Å²) in [7, 11) is 1.51. The first-order valence-electron chi connectivity index (χ1n) is 6.43. The van der Waals surface area contributed by atoms with Crippen molar-refractivity contribution in [1.82, 2.24) is 4.98 Å². The van der Waals surface area contributed by atoms with E-state index >= 15 is 0 Å². The van der Waals surface area contributed by atoms with Gasteiger partial charge in [-0.1, -0.05) is 11.6 Å². The number of ether oxygens (including phenoxy) is 2. The first-order chi connectivity index (χ1) is 10.5. The quantitative estimate of drug-likeness (QED) is 0.847. The number of nitrogens with zero attached hydrogens (tertiary/aromatic N) is 1. The van der Waals surface area contributed by atoms with Crippen molar-refractivity contribution >= 4 is 39.3 Å². The van der Waals surface area contributed by atoms with Gasteiger partial charge >= 0.3 is 0 Å². The Labute approximate surface area is 141 Å². The second-order valence-corrected chi connectivity index (χ2v) is 5.67. The molecule has 22 heavy (non-hydrogen) atoms. The van der Waals surface area contributed by atoms with Crippen LogP contribution in [0, 0.1) is 0 Å². The molecule has 1 aromatic heterocycles. The third-order valence-corrected chi connectivity index (χ3v) is 3.65. The Balaban J connectivity index is 2.06. The van der Waals surface area contributed by atoms with Crippen LogP contribution < -0.4 is 14.8 Å². The summed E-state index contributed by atoms with van der Waals surface area (Å²) in [6, 6.07) is 8.51. The molecule has 0 aliphatic carbocycles. The Morgan fingerprint density at radius 1 is 1.36 bits per heavy atom. The molecular formula is C15H14BrClN2O3. The topological polar surface area (TPSA) is 60.5 Å². The molecule has 0 fully saturated rings. The predicted octanol–water partition coefficient (Wildman–Crippen LogP) is 3.91. The van der Waals surface area contributed by atoms with Crippen LogP contribution in [-0.2, 0) is 4.79 Å². The summed E-state index contributed by atoms with van der Waals surface area (Å²) >= 11 is 9.21. The van der Waals surface area contributed by atoms with Crippen molar-refractivity contribution in [2.75, 3.05) is 12.4 Å². The molecule has 0 aliphatic rings. The number of hydrogen-bond acceptors (Lipinski definition) is 4. The van der Waals surface area contributed by atoms with E-state index in [1.54, 1.807) is 43.5 Å². The third kappa shape index (κ3) is 4.11. The number of anilines is 1. The maximum atomic E-state index is 12.2. The van der Waals surface area contributed by atoms with Crippen LogP contribution in [0.2, 0.25) is 5.02 Å². The van der Waals surface area contributed by atoms with E-state index in [2.05, 4.69) is 26.2 Å². The summed E-state index contributed by atoms with van der Waals surface area (Å²) in [4.78, 5) is 16.3. The van der Waals surface area contributed by atoms with Crippen molar-refractivity contribution in [3.05, 3.63) is 46.0 Å². The highest BCUT2D eigenvalue weighted by atomic mass is 79.9. The van der Waals surface area contributed by atoms with Gasteiger partial charge in [0, 0.05) is 11.2 Å². The maximum absolute atomic E-state index is 12.2. The minimum absolute atomic E-state index is 0.334. The highest BCUT2D eigenvalue weighted by Crippen LogP contribution is 2.29. The number of carbonyl (C=O) groups is 1. The molecule has 2 rings (SSSR count). The summed E-state index contributed by atoms with van der Waals surface area (Å²) in [5.41, 5.74) is 0. The van der Waals surface area contributed by atoms with Gasteiger partial charge in [0.25, 0.3) is 5.91 Å². The largest absolute Gasteiger partial charge is 0.493 e. The van der Waals surface area contributed by atoms with Crippen LogP contribution in [-0.4, -0.2) is 24.1 Å². The van der Waals surface area contributed by atoms with Crippen LogP contribution in [0.4, 0.5) is 5.82 Å². The number of nitrogens with one attached hydrogen (secondary N) is 1. The van der Waals surface area contributed by atoms with Gasteiger partial charge in [0.15, 0.2) is 17.7 Å². The molecule has 1 aromatic carbocycles. The molecule has 0 bridgehead atoms. The lowest BCUT2D eigenvalue weighted by molar-refractivity contribution is -0.122. The zero-order chi connectivity index (χ0) is 16.1. The first kappa shape index (κ1) is 16.6. The maximum Gasteiger partial charge on any atom is 0.266 e. The average Bonchev–Trinajstić information content (AvgIpc) is 2.50. The fourth-order valence-corrected chi connectivity index (χ4v) is 2.46. The van der Waals surface area contributed by atoms with E-state index in [0.717, 1.165) is 0 Å². The smallest absolute Gasteiger partial charge is 0.266 e. The van der Waals surface area contributed by atoms with E-state index in [0.29, 0.717) is 26.8 Å². The molecule has 1 amide bonds. The molecular weight excluding hydrogens is 372 g/mol. The Hall–Kier alpha value is -1.79. The lowest BCUT2D eigenvalue weighted by atomic mass is 10.3. The van der Waals surface area contributed by atoms with Gasteiger partial charge in [0.05, 0.1) is 11.6 Å². The van der Waals surface area contributed by atoms with Crippen LogP contribution in [0.3, 0.4) is 0 Å². The molecule has 0 saturated heterocycles. The summed E-state index contributed by atoms with van der Waals surface area (Å²) in [5, 5.41) is 3.25. The van der Waals surface area contributed by atoms with Gasteiger partial charge in [-0.2, -0.15) is 0 Å². The van der Waals surface area contributed by atoms with Gasteiger partial charge in [0.2, 0.25) is 0 Å². The van der Waals surface area contributed by atoms with Crippen LogP contribution in [0.25, 0.3) is 0 Å². The molecule has 116 valence electrons. The highest BCUT2D eigenvalue weighted by Gasteiger charge is 2.18. The van der Waals surface area contributed by atoms with Gasteiger partial charge in [-0.25, -0.2) is 4.98 Å². The monoisotopic (exact) mass is 384 g/mol. The Kier molecular flexibility index (Phi) is 5.63. The van der Waals surface area contributed by atoms with Gasteiger partial charge in [-0.05, 0) is 53.2 Å². The van der Waals surface area contributed by atoms with Crippen LogP contribution in [0.15, 0.2) is 41.0 Å². The van der Waals surface area contributed by atoms with E-state index in [1.165, 1.54) is 7.11 Å². The molecule has 1 heterocycles. The first-order valence-corrected chi connectivity index (χ1v) is 7.60. The predicted molar refractivity (Wildman–Crippen MR) is 88.7 cm³/mol. The molecule has 0 aliphatic heterocycles. The summed E-state index contributed by atoms with van der Waals surface area (Å²) in [5.74, 6) is 1.02. The van der Waals surface area contributed by atoms with Gasteiger partial charge in [0.1, 0.15) is 5.75 Å². The normalized spacial score (nSPS) is 11.6. The van der Waals surface area contributed by atoms with Crippen molar-refractivity contribution in [2.24, 2.45) is 0 Å². The van der Waals surface area contributed by atoms with Crippen molar-refractivity contribution in [3.8, 4) is 11.5 Å². The highest BCUT2D eigenvalue weighted by molar-refractivity contribution is 9.10. The second kappa shape index (κ2) is 7.47. The van der Waals surface area contributed by atoms with E-state index in [1.807, 2.05) is 0 Å². The Morgan fingerprint density at radius 2 is 2.14 bits per heavy atom. The molecule has 7 heteroatoms. The number of amides is 1. The van der Waals surface area contributed by atoms with Gasteiger partial charge < -0.3 is 14.8 Å². The van der Waals surface area contributed by atoms with Gasteiger partial charge in [-0.3, -0.25) is 4.79 Å². The van der Waals surface area contributed by atoms with E-state index in [9.17, 15) is 4.79 Å². The van der Waals surface area contributed by atoms with E-state index in [-0.39, 0.29) is 5.91 Å². The lowest BCUT2D eigenvalue weighted by Crippen LogP contribution is -2.30. The zero-order valence-corrected chi connectivity index (χ0v) is 14.3. The summed E-state index contributed by atoms with van der Waals surface area (Å²) in [6.45, 7) is 1.64. The number of methoxy groups -OCH3 is 1. The number of halogens is 2. The molecule has 0 radical (unpaired) electrons. The van der Waals surface area contributed by atoms with Crippen LogP contribution in [0.1, 0.15) is 6.92 Å². The number of pyridine rings is 1. The van der Waals surface area contributed by atoms with Gasteiger partial charge in [-0.15, -0.1) is 0 Å². The molecule has 0 spiro atoms. The average molecular weight is 386 g/mol. The number of rotatable bonds is 5. The minimum Gasteiger partial charge on any atom is -0.493 e. The summed E-state index contributed by atoms with van der Waals surface area (Å²) < 4.78 is 11.4. The molecule has 1 atom stereocenters. The van der Waals surface area contributed by atoms with E-state index in [4.69, 9.17) is 21.1 Å². The summed E-state index contributed by atoms with van der Waals surface area (Å²) in [6.07, 6.45) is 0.851. The Morgan fingerprint density at radius 3 is 2.82 bits per heavy atom. The standard InChI is InChI=1S/C15H14BrClN2O3/c1-9(22-12-6-5-10(17)8-11(12)16)15(20)19-14-13(21-2)4-3-7-18-14/h3-9H,1-2H3,(H,18,19,20). The molecule has 0 saturated carbocycles. The fraction of sp³-hybridized carbons (Fsp3) is 0.200. The minimum atomic E-state index is -0.718.